The third-order valence-electron chi connectivity index (χ3n) is 6.66. The molecule has 0 N–H and O–H groups in total. The van der Waals surface area contributed by atoms with Gasteiger partial charge in [-0.25, -0.2) is 0 Å². The Morgan fingerprint density at radius 2 is 1.66 bits per heavy atom. The second-order valence-electron chi connectivity index (χ2n) is 10.8. The molecule has 1 aliphatic rings. The maximum Gasteiger partial charge on any atom is 0.305 e. The molecule has 3 atom stereocenters. The molecule has 188 valence electrons. The van der Waals surface area contributed by atoms with Crippen molar-refractivity contribution in [3.05, 3.63) is 0 Å². The molecule has 1 saturated carbocycles. The van der Waals surface area contributed by atoms with E-state index in [1.165, 1.54) is 19.3 Å². The molecular weight excluding hydrogens is 400 g/mol. The number of unbranched alkanes of at least 4 members (excludes halogenated alkanes) is 6. The predicted molar refractivity (Wildman–Crippen MR) is 133 cm³/mol. The van der Waals surface area contributed by atoms with E-state index in [4.69, 9.17) is 9.47 Å². The maximum atomic E-state index is 12.5. The van der Waals surface area contributed by atoms with Crippen LogP contribution in [0.1, 0.15) is 137 Å². The molecule has 0 radical (unpaired) electrons. The molecule has 4 nitrogen and oxygen atoms in total. The summed E-state index contributed by atoms with van der Waals surface area (Å²) < 4.78 is 11.6. The first-order chi connectivity index (χ1) is 15.3. The number of carbonyl (C=O) groups is 2. The topological polar surface area (TPSA) is 52.6 Å². The van der Waals surface area contributed by atoms with Crippen LogP contribution >= 0.6 is 0 Å². The van der Waals surface area contributed by atoms with E-state index in [0.717, 1.165) is 77.0 Å². The molecular formula is C28H52O4. The summed E-state index contributed by atoms with van der Waals surface area (Å²) in [6.07, 6.45) is 16.9. The van der Waals surface area contributed by atoms with Crippen molar-refractivity contribution in [3.63, 3.8) is 0 Å². The minimum absolute atomic E-state index is 0.0598. The van der Waals surface area contributed by atoms with Crippen LogP contribution in [0.5, 0.6) is 0 Å². The molecule has 0 aromatic heterocycles. The molecule has 0 saturated heterocycles. The van der Waals surface area contributed by atoms with Crippen LogP contribution < -0.4 is 0 Å². The van der Waals surface area contributed by atoms with Crippen LogP contribution in [0.4, 0.5) is 0 Å². The number of hydrogen-bond donors (Lipinski definition) is 0. The summed E-state index contributed by atoms with van der Waals surface area (Å²) in [5.41, 5.74) is -0.107. The second-order valence-corrected chi connectivity index (χ2v) is 10.8. The van der Waals surface area contributed by atoms with Gasteiger partial charge in [-0.2, -0.15) is 0 Å². The number of Topliss-reactive ketones (excluding diaryl/α,β-unsaturated/α-hetero) is 1. The van der Waals surface area contributed by atoms with Crippen molar-refractivity contribution >= 4 is 11.8 Å². The zero-order chi connectivity index (χ0) is 23.8. The molecule has 1 aliphatic carbocycles. The molecule has 1 fully saturated rings. The van der Waals surface area contributed by atoms with Gasteiger partial charge in [0.05, 0.1) is 18.3 Å². The molecule has 1 rings (SSSR count). The van der Waals surface area contributed by atoms with Crippen LogP contribution in [0, 0.1) is 11.8 Å². The molecule has 0 aromatic rings. The predicted octanol–water partition coefficient (Wildman–Crippen LogP) is 7.81. The molecule has 0 spiro atoms. The van der Waals surface area contributed by atoms with Gasteiger partial charge in [0.15, 0.2) is 0 Å². The third-order valence-corrected chi connectivity index (χ3v) is 6.66. The van der Waals surface area contributed by atoms with Crippen LogP contribution in [0.3, 0.4) is 0 Å². The Hall–Kier alpha value is -0.900. The summed E-state index contributed by atoms with van der Waals surface area (Å²) in [6, 6.07) is 0. The van der Waals surface area contributed by atoms with Gasteiger partial charge < -0.3 is 9.47 Å². The van der Waals surface area contributed by atoms with Crippen molar-refractivity contribution in [2.45, 2.75) is 149 Å². The first-order valence-electron chi connectivity index (χ1n) is 13.6. The van der Waals surface area contributed by atoms with Crippen molar-refractivity contribution < 1.29 is 19.1 Å². The van der Waals surface area contributed by atoms with E-state index in [0.29, 0.717) is 30.8 Å². The van der Waals surface area contributed by atoms with E-state index in [1.807, 2.05) is 0 Å². The Labute approximate surface area is 198 Å². The van der Waals surface area contributed by atoms with Crippen molar-refractivity contribution in [2.75, 3.05) is 6.61 Å². The zero-order valence-electron chi connectivity index (χ0n) is 21.9. The Morgan fingerprint density at radius 3 is 2.34 bits per heavy atom. The number of hydrogen-bond acceptors (Lipinski definition) is 4. The van der Waals surface area contributed by atoms with Crippen LogP contribution in [-0.2, 0) is 19.1 Å². The molecule has 1 unspecified atom stereocenters. The number of ether oxygens (including phenoxy) is 2. The number of esters is 1. The van der Waals surface area contributed by atoms with Crippen molar-refractivity contribution in [2.24, 2.45) is 11.8 Å². The summed E-state index contributed by atoms with van der Waals surface area (Å²) in [6.45, 7) is 11.3. The average Bonchev–Trinajstić information content (AvgIpc) is 3.07. The monoisotopic (exact) mass is 452 g/mol. The largest absolute Gasteiger partial charge is 0.466 e. The Kier molecular flexibility index (Phi) is 15.2. The molecule has 0 heterocycles. The lowest BCUT2D eigenvalue weighted by Crippen LogP contribution is -2.28. The van der Waals surface area contributed by atoms with E-state index in [2.05, 4.69) is 34.6 Å². The molecule has 0 aliphatic heterocycles. The van der Waals surface area contributed by atoms with Gasteiger partial charge in [0.1, 0.15) is 5.78 Å². The summed E-state index contributed by atoms with van der Waals surface area (Å²) in [4.78, 5) is 24.2. The van der Waals surface area contributed by atoms with Gasteiger partial charge in [0.25, 0.3) is 0 Å². The lowest BCUT2D eigenvalue weighted by atomic mass is 9.85. The van der Waals surface area contributed by atoms with Crippen molar-refractivity contribution in [1.29, 1.82) is 0 Å². The minimum Gasteiger partial charge on any atom is -0.466 e. The molecule has 0 aromatic carbocycles. The highest BCUT2D eigenvalue weighted by atomic mass is 16.5. The van der Waals surface area contributed by atoms with Crippen LogP contribution in [0.2, 0.25) is 0 Å². The van der Waals surface area contributed by atoms with Crippen molar-refractivity contribution in [3.8, 4) is 0 Å². The van der Waals surface area contributed by atoms with Gasteiger partial charge in [-0.1, -0.05) is 58.8 Å². The summed E-state index contributed by atoms with van der Waals surface area (Å²) in [7, 11) is 0. The van der Waals surface area contributed by atoms with E-state index in [-0.39, 0.29) is 17.5 Å². The number of ketones is 1. The van der Waals surface area contributed by atoms with Gasteiger partial charge in [0, 0.05) is 18.8 Å². The van der Waals surface area contributed by atoms with E-state index < -0.39 is 0 Å². The van der Waals surface area contributed by atoms with Crippen LogP contribution in [0.15, 0.2) is 0 Å². The molecule has 0 amide bonds. The second kappa shape index (κ2) is 16.7. The van der Waals surface area contributed by atoms with Crippen LogP contribution in [0.25, 0.3) is 0 Å². The summed E-state index contributed by atoms with van der Waals surface area (Å²) >= 11 is 0. The van der Waals surface area contributed by atoms with Gasteiger partial charge in [0.2, 0.25) is 0 Å². The van der Waals surface area contributed by atoms with Gasteiger partial charge in [-0.15, -0.1) is 0 Å². The van der Waals surface area contributed by atoms with Gasteiger partial charge >= 0.3 is 5.97 Å². The first kappa shape index (κ1) is 29.1. The number of rotatable bonds is 18. The highest BCUT2D eigenvalue weighted by Gasteiger charge is 2.34. The van der Waals surface area contributed by atoms with E-state index >= 15 is 0 Å². The fourth-order valence-electron chi connectivity index (χ4n) is 4.89. The summed E-state index contributed by atoms with van der Waals surface area (Å²) in [5.74, 6) is 1.21. The van der Waals surface area contributed by atoms with E-state index in [1.54, 1.807) is 0 Å². The van der Waals surface area contributed by atoms with Crippen molar-refractivity contribution in [1.82, 2.24) is 0 Å². The number of carbonyl (C=O) groups excluding carboxylic acids is 2. The SMILES string of the molecule is CCCCCC(CC[C@H]1CCC(=O)[C@@H]1CCCCCCC(=O)OCCCC)OC(C)(C)C. The van der Waals surface area contributed by atoms with E-state index in [9.17, 15) is 9.59 Å². The standard InChI is InChI=1S/C28H52O4/c1-6-8-12-15-24(32-28(3,4)5)20-18-23-19-21-26(29)25(23)16-13-10-11-14-17-27(30)31-22-9-7-2/h23-25H,6-22H2,1-5H3/t23-,24?,25+/m0/s1. The molecule has 32 heavy (non-hydrogen) atoms. The lowest BCUT2D eigenvalue weighted by molar-refractivity contribution is -0.143. The molecule has 4 heteroatoms. The highest BCUT2D eigenvalue weighted by molar-refractivity contribution is 5.83. The Bertz CT molecular complexity index is 508. The fraction of sp³-hybridized carbons (Fsp3) is 0.929. The zero-order valence-corrected chi connectivity index (χ0v) is 21.9. The average molecular weight is 453 g/mol. The summed E-state index contributed by atoms with van der Waals surface area (Å²) in [5, 5.41) is 0. The lowest BCUT2D eigenvalue weighted by Gasteiger charge is -2.29. The van der Waals surface area contributed by atoms with Crippen LogP contribution in [-0.4, -0.2) is 30.1 Å². The maximum absolute atomic E-state index is 12.5. The van der Waals surface area contributed by atoms with Gasteiger partial charge in [-0.3, -0.25) is 9.59 Å². The first-order valence-corrected chi connectivity index (χ1v) is 13.6. The minimum atomic E-state index is -0.107. The quantitative estimate of drug-likeness (QED) is 0.157. The smallest absolute Gasteiger partial charge is 0.305 e. The third kappa shape index (κ3) is 13.6. The molecule has 0 bridgehead atoms. The Balaban J connectivity index is 2.31. The normalized spacial score (nSPS) is 20.0. The van der Waals surface area contributed by atoms with Gasteiger partial charge in [-0.05, 0) is 71.6 Å². The fourth-order valence-corrected chi connectivity index (χ4v) is 4.89. The Morgan fingerprint density at radius 1 is 0.938 bits per heavy atom. The highest BCUT2D eigenvalue weighted by Crippen LogP contribution is 2.37.